The van der Waals surface area contributed by atoms with E-state index in [1.54, 1.807) is 0 Å². The molecule has 90 valence electrons. The third kappa shape index (κ3) is 1.11. The first kappa shape index (κ1) is 10.8. The number of epoxide rings is 1. The van der Waals surface area contributed by atoms with Crippen molar-refractivity contribution in [2.45, 2.75) is 64.1 Å². The fourth-order valence-electron chi connectivity index (χ4n) is 4.50. The molecule has 0 N–H and O–H groups in total. The van der Waals surface area contributed by atoms with E-state index in [-0.39, 0.29) is 11.2 Å². The van der Waals surface area contributed by atoms with Crippen molar-refractivity contribution in [3.8, 4) is 0 Å². The molecule has 0 bridgehead atoms. The summed E-state index contributed by atoms with van der Waals surface area (Å²) in [4.78, 5) is 0. The van der Waals surface area contributed by atoms with Gasteiger partial charge in [-0.1, -0.05) is 26.0 Å². The highest BCUT2D eigenvalue weighted by molar-refractivity contribution is 5.26. The Morgan fingerprint density at radius 2 is 1.81 bits per heavy atom. The lowest BCUT2D eigenvalue weighted by molar-refractivity contribution is 0.124. The van der Waals surface area contributed by atoms with Gasteiger partial charge in [-0.15, -0.1) is 0 Å². The molecule has 0 aromatic heterocycles. The molecule has 0 spiro atoms. The van der Waals surface area contributed by atoms with Crippen molar-refractivity contribution in [1.82, 2.24) is 0 Å². The van der Waals surface area contributed by atoms with E-state index in [1.165, 1.54) is 37.7 Å². The van der Waals surface area contributed by atoms with E-state index in [0.717, 1.165) is 11.8 Å². The van der Waals surface area contributed by atoms with Crippen molar-refractivity contribution in [1.29, 1.82) is 0 Å². The molecule has 1 nitrogen and oxygen atoms in total. The molecule has 0 amide bonds. The van der Waals surface area contributed by atoms with Crippen LogP contribution in [0.3, 0.4) is 0 Å². The van der Waals surface area contributed by atoms with Crippen molar-refractivity contribution in [2.24, 2.45) is 17.8 Å². The van der Waals surface area contributed by atoms with Gasteiger partial charge in [0.15, 0.2) is 0 Å². The second kappa shape index (κ2) is 3.13. The second-order valence-corrected chi connectivity index (χ2v) is 6.55. The first-order chi connectivity index (χ1) is 7.52. The van der Waals surface area contributed by atoms with Gasteiger partial charge in [0.25, 0.3) is 0 Å². The average molecular weight is 220 g/mol. The van der Waals surface area contributed by atoms with Crippen molar-refractivity contribution in [3.05, 3.63) is 12.2 Å². The molecule has 1 heteroatoms. The van der Waals surface area contributed by atoms with E-state index in [1.807, 2.05) is 0 Å². The Kier molecular flexibility index (Phi) is 2.12. The Bertz CT molecular complexity index is 334. The molecule has 2 saturated carbocycles. The highest BCUT2D eigenvalue weighted by Crippen LogP contribution is 2.70. The Morgan fingerprint density at radius 3 is 2.50 bits per heavy atom. The summed E-state index contributed by atoms with van der Waals surface area (Å²) in [5, 5.41) is 0. The summed E-state index contributed by atoms with van der Waals surface area (Å²) >= 11 is 0. The van der Waals surface area contributed by atoms with Crippen LogP contribution < -0.4 is 0 Å². The van der Waals surface area contributed by atoms with Gasteiger partial charge >= 0.3 is 0 Å². The molecule has 0 unspecified atom stereocenters. The summed E-state index contributed by atoms with van der Waals surface area (Å²) in [6.45, 7) is 11.2. The minimum Gasteiger partial charge on any atom is -0.362 e. The number of allylic oxidation sites excluding steroid dienone is 1. The number of hydrogen-bond donors (Lipinski definition) is 0. The summed E-state index contributed by atoms with van der Waals surface area (Å²) in [5.41, 5.74) is 1.88. The van der Waals surface area contributed by atoms with E-state index in [9.17, 15) is 0 Å². The minimum atomic E-state index is 0.243. The Labute approximate surface area is 99.3 Å². The topological polar surface area (TPSA) is 12.5 Å². The third-order valence-electron chi connectivity index (χ3n) is 5.77. The monoisotopic (exact) mass is 220 g/mol. The zero-order chi connectivity index (χ0) is 11.6. The Hall–Kier alpha value is -0.300. The van der Waals surface area contributed by atoms with Gasteiger partial charge in [0.2, 0.25) is 0 Å². The number of rotatable bonds is 1. The molecule has 3 aliphatic rings. The van der Waals surface area contributed by atoms with E-state index >= 15 is 0 Å². The van der Waals surface area contributed by atoms with E-state index in [2.05, 4.69) is 27.4 Å². The second-order valence-electron chi connectivity index (χ2n) is 6.55. The molecule has 0 radical (unpaired) electrons. The average Bonchev–Trinajstić information content (AvgIpc) is 2.84. The predicted octanol–water partition coefficient (Wildman–Crippen LogP) is 3.94. The SMILES string of the molecule is C=C(C)[C@@H]1CC[C@H](C)[C@@]23CC[C@H](C)[C@]2(C1)O3. The molecule has 3 rings (SSSR count). The summed E-state index contributed by atoms with van der Waals surface area (Å²) in [6.07, 6.45) is 6.57. The van der Waals surface area contributed by atoms with Crippen LogP contribution in [0.1, 0.15) is 52.9 Å². The van der Waals surface area contributed by atoms with Crippen molar-refractivity contribution >= 4 is 0 Å². The summed E-state index contributed by atoms with van der Waals surface area (Å²) in [7, 11) is 0. The highest BCUT2D eigenvalue weighted by Gasteiger charge is 2.77. The molecular weight excluding hydrogens is 196 g/mol. The van der Waals surface area contributed by atoms with Crippen molar-refractivity contribution in [2.75, 3.05) is 0 Å². The molecule has 0 aromatic carbocycles. The predicted molar refractivity (Wildman–Crippen MR) is 66.3 cm³/mol. The highest BCUT2D eigenvalue weighted by atomic mass is 16.6. The van der Waals surface area contributed by atoms with Crippen LogP contribution in [0, 0.1) is 17.8 Å². The van der Waals surface area contributed by atoms with Crippen LogP contribution in [0.15, 0.2) is 12.2 Å². The first-order valence-electron chi connectivity index (χ1n) is 6.87. The quantitative estimate of drug-likeness (QED) is 0.482. The fourth-order valence-corrected chi connectivity index (χ4v) is 4.50. The molecule has 0 aromatic rings. The van der Waals surface area contributed by atoms with Gasteiger partial charge in [-0.25, -0.2) is 0 Å². The summed E-state index contributed by atoms with van der Waals surface area (Å²) in [6, 6.07) is 0. The summed E-state index contributed by atoms with van der Waals surface area (Å²) in [5.74, 6) is 2.21. The van der Waals surface area contributed by atoms with Gasteiger partial charge in [0.1, 0.15) is 11.2 Å². The van der Waals surface area contributed by atoms with Gasteiger partial charge in [-0.3, -0.25) is 0 Å². The largest absolute Gasteiger partial charge is 0.362 e. The lowest BCUT2D eigenvalue weighted by Crippen LogP contribution is -2.29. The lowest BCUT2D eigenvalue weighted by atomic mass is 9.79. The molecule has 3 fully saturated rings. The van der Waals surface area contributed by atoms with Crippen LogP contribution in [-0.4, -0.2) is 11.2 Å². The van der Waals surface area contributed by atoms with Crippen LogP contribution in [0.25, 0.3) is 0 Å². The standard InChI is InChI=1S/C15H24O/c1-10(2)13-6-5-11(3)14-8-7-12(4)15(14,9-13)16-14/h11-13H,1,5-9H2,2-4H3/t11-,12-,13+,14-,15-/m0/s1. The van der Waals surface area contributed by atoms with Crippen LogP contribution in [0.5, 0.6) is 0 Å². The van der Waals surface area contributed by atoms with Gasteiger partial charge in [-0.05, 0) is 56.8 Å². The molecular formula is C15H24O. The molecule has 1 aliphatic heterocycles. The maximum Gasteiger partial charge on any atom is 0.101 e. The van der Waals surface area contributed by atoms with E-state index in [4.69, 9.17) is 4.74 Å². The smallest absolute Gasteiger partial charge is 0.101 e. The van der Waals surface area contributed by atoms with E-state index < -0.39 is 0 Å². The van der Waals surface area contributed by atoms with Crippen LogP contribution in [0.2, 0.25) is 0 Å². The molecule has 1 heterocycles. The molecule has 2 aliphatic carbocycles. The first-order valence-corrected chi connectivity index (χ1v) is 6.87. The van der Waals surface area contributed by atoms with Crippen LogP contribution in [0.4, 0.5) is 0 Å². The number of ether oxygens (including phenoxy) is 1. The normalized spacial score (nSPS) is 55.1. The Balaban J connectivity index is 1.92. The van der Waals surface area contributed by atoms with E-state index in [0.29, 0.717) is 5.92 Å². The zero-order valence-electron chi connectivity index (χ0n) is 10.9. The summed E-state index contributed by atoms with van der Waals surface area (Å²) < 4.78 is 6.33. The fraction of sp³-hybridized carbons (Fsp3) is 0.867. The third-order valence-corrected chi connectivity index (χ3v) is 5.77. The van der Waals surface area contributed by atoms with Gasteiger partial charge in [0, 0.05) is 0 Å². The van der Waals surface area contributed by atoms with Gasteiger partial charge in [-0.2, -0.15) is 0 Å². The van der Waals surface area contributed by atoms with Gasteiger partial charge in [0.05, 0.1) is 0 Å². The molecule has 5 atom stereocenters. The zero-order valence-corrected chi connectivity index (χ0v) is 10.9. The maximum atomic E-state index is 6.33. The lowest BCUT2D eigenvalue weighted by Gasteiger charge is -2.22. The minimum absolute atomic E-state index is 0.243. The van der Waals surface area contributed by atoms with Crippen molar-refractivity contribution in [3.63, 3.8) is 0 Å². The van der Waals surface area contributed by atoms with Gasteiger partial charge < -0.3 is 4.74 Å². The number of hydrogen-bond acceptors (Lipinski definition) is 1. The maximum absolute atomic E-state index is 6.33. The molecule has 1 saturated heterocycles. The Morgan fingerprint density at radius 1 is 1.12 bits per heavy atom. The van der Waals surface area contributed by atoms with Crippen LogP contribution in [-0.2, 0) is 4.74 Å². The van der Waals surface area contributed by atoms with Crippen LogP contribution >= 0.6 is 0 Å². The molecule has 16 heavy (non-hydrogen) atoms. The van der Waals surface area contributed by atoms with Crippen molar-refractivity contribution < 1.29 is 4.74 Å².